The first kappa shape index (κ1) is 12.9. The van der Waals surface area contributed by atoms with Gasteiger partial charge in [0.1, 0.15) is 0 Å². The molecule has 0 bridgehead atoms. The molecule has 2 nitrogen and oxygen atoms in total. The summed E-state index contributed by atoms with van der Waals surface area (Å²) in [7, 11) is 0. The summed E-state index contributed by atoms with van der Waals surface area (Å²) in [5, 5.41) is 3.47. The van der Waals surface area contributed by atoms with Crippen LogP contribution in [0.1, 0.15) is 19.8 Å². The molecule has 2 rings (SSSR count). The van der Waals surface area contributed by atoms with Gasteiger partial charge in [0.05, 0.1) is 0 Å². The van der Waals surface area contributed by atoms with E-state index >= 15 is 0 Å². The average molecular weight is 297 g/mol. The van der Waals surface area contributed by atoms with Crippen LogP contribution in [0, 0.1) is 5.92 Å². The van der Waals surface area contributed by atoms with Crippen LogP contribution in [0.25, 0.3) is 0 Å². The van der Waals surface area contributed by atoms with Gasteiger partial charge in [0, 0.05) is 29.8 Å². The zero-order valence-electron chi connectivity index (χ0n) is 10.5. The Morgan fingerprint density at radius 2 is 2.00 bits per heavy atom. The van der Waals surface area contributed by atoms with E-state index in [2.05, 4.69) is 57.3 Å². The topological polar surface area (TPSA) is 15.3 Å². The van der Waals surface area contributed by atoms with E-state index in [4.69, 9.17) is 0 Å². The van der Waals surface area contributed by atoms with Gasteiger partial charge in [-0.2, -0.15) is 0 Å². The molecular formula is C14H21BrN2. The van der Waals surface area contributed by atoms with E-state index in [1.54, 1.807) is 0 Å². The molecule has 0 radical (unpaired) electrons. The number of rotatable bonds is 7. The Bertz CT molecular complexity index is 333. The van der Waals surface area contributed by atoms with Crippen molar-refractivity contribution in [2.45, 2.75) is 19.8 Å². The fraction of sp³-hybridized carbons (Fsp3) is 0.571. The molecule has 0 saturated heterocycles. The molecule has 0 spiro atoms. The molecular weight excluding hydrogens is 276 g/mol. The van der Waals surface area contributed by atoms with Gasteiger partial charge < -0.3 is 10.2 Å². The predicted octanol–water partition coefficient (Wildman–Crippen LogP) is 3.59. The van der Waals surface area contributed by atoms with Crippen molar-refractivity contribution in [3.63, 3.8) is 0 Å². The van der Waals surface area contributed by atoms with Crippen LogP contribution < -0.4 is 5.32 Å². The molecule has 1 aliphatic rings. The van der Waals surface area contributed by atoms with Gasteiger partial charge in [-0.25, -0.2) is 0 Å². The third kappa shape index (κ3) is 4.68. The third-order valence-electron chi connectivity index (χ3n) is 3.26. The smallest absolute Gasteiger partial charge is 0.0341 e. The normalized spacial score (nSPS) is 15.2. The second-order valence-electron chi connectivity index (χ2n) is 4.77. The number of benzene rings is 1. The minimum Gasteiger partial charge on any atom is -0.384 e. The molecule has 1 aromatic rings. The van der Waals surface area contributed by atoms with Crippen LogP contribution in [0.4, 0.5) is 5.69 Å². The second kappa shape index (κ2) is 6.41. The maximum absolute atomic E-state index is 3.47. The van der Waals surface area contributed by atoms with Gasteiger partial charge in [-0.1, -0.05) is 22.9 Å². The van der Waals surface area contributed by atoms with Gasteiger partial charge in [0.25, 0.3) is 0 Å². The number of likely N-dealkylation sites (N-methyl/N-ethyl adjacent to an activating group) is 1. The van der Waals surface area contributed by atoms with Gasteiger partial charge in [0.2, 0.25) is 0 Å². The standard InChI is InChI=1S/C14H21BrN2/c1-2-17(11-12-3-4-12)10-9-16-14-7-5-13(15)6-8-14/h5-8,12,16H,2-4,9-11H2,1H3. The van der Waals surface area contributed by atoms with Crippen molar-refractivity contribution in [1.82, 2.24) is 4.90 Å². The minimum absolute atomic E-state index is 0.989. The molecule has 0 aromatic heterocycles. The molecule has 0 aliphatic heterocycles. The lowest BCUT2D eigenvalue weighted by atomic mass is 10.3. The maximum Gasteiger partial charge on any atom is 0.0341 e. The Hall–Kier alpha value is -0.540. The van der Waals surface area contributed by atoms with E-state index in [0.717, 1.165) is 23.5 Å². The fourth-order valence-electron chi connectivity index (χ4n) is 1.97. The summed E-state index contributed by atoms with van der Waals surface area (Å²) in [6.45, 7) is 6.88. The first-order valence-electron chi connectivity index (χ1n) is 6.49. The molecule has 1 aromatic carbocycles. The van der Waals surface area contributed by atoms with Crippen molar-refractivity contribution in [2.24, 2.45) is 5.92 Å². The van der Waals surface area contributed by atoms with Crippen molar-refractivity contribution in [2.75, 3.05) is 31.5 Å². The molecule has 0 unspecified atom stereocenters. The first-order valence-corrected chi connectivity index (χ1v) is 7.29. The van der Waals surface area contributed by atoms with Gasteiger partial charge >= 0.3 is 0 Å². The van der Waals surface area contributed by atoms with E-state index in [1.807, 2.05) is 0 Å². The molecule has 1 saturated carbocycles. The van der Waals surface area contributed by atoms with Crippen molar-refractivity contribution >= 4 is 21.6 Å². The van der Waals surface area contributed by atoms with Gasteiger partial charge in [-0.05, 0) is 49.6 Å². The summed E-state index contributed by atoms with van der Waals surface area (Å²) in [5.41, 5.74) is 1.20. The van der Waals surface area contributed by atoms with Crippen molar-refractivity contribution in [1.29, 1.82) is 0 Å². The summed E-state index contributed by atoms with van der Waals surface area (Å²) < 4.78 is 1.13. The second-order valence-corrected chi connectivity index (χ2v) is 5.69. The van der Waals surface area contributed by atoms with Crippen LogP contribution in [0.2, 0.25) is 0 Å². The van der Waals surface area contributed by atoms with E-state index < -0.39 is 0 Å². The van der Waals surface area contributed by atoms with Crippen LogP contribution in [0.5, 0.6) is 0 Å². The highest BCUT2D eigenvalue weighted by atomic mass is 79.9. The molecule has 1 N–H and O–H groups in total. The first-order chi connectivity index (χ1) is 8.28. The number of anilines is 1. The van der Waals surface area contributed by atoms with E-state index in [1.165, 1.54) is 31.6 Å². The molecule has 0 heterocycles. The van der Waals surface area contributed by atoms with E-state index in [-0.39, 0.29) is 0 Å². The maximum atomic E-state index is 3.47. The van der Waals surface area contributed by atoms with Gasteiger partial charge in [-0.3, -0.25) is 0 Å². The van der Waals surface area contributed by atoms with Gasteiger partial charge in [-0.15, -0.1) is 0 Å². The highest BCUT2D eigenvalue weighted by molar-refractivity contribution is 9.10. The number of hydrogen-bond donors (Lipinski definition) is 1. The lowest BCUT2D eigenvalue weighted by Crippen LogP contribution is -2.30. The zero-order valence-corrected chi connectivity index (χ0v) is 12.0. The summed E-state index contributed by atoms with van der Waals surface area (Å²) in [4.78, 5) is 2.55. The number of nitrogens with one attached hydrogen (secondary N) is 1. The molecule has 3 heteroatoms. The van der Waals surface area contributed by atoms with Crippen LogP contribution in [0.15, 0.2) is 28.7 Å². The molecule has 17 heavy (non-hydrogen) atoms. The quantitative estimate of drug-likeness (QED) is 0.827. The molecule has 94 valence electrons. The lowest BCUT2D eigenvalue weighted by Gasteiger charge is -2.20. The summed E-state index contributed by atoms with van der Waals surface area (Å²) in [6.07, 6.45) is 2.88. The number of nitrogens with zero attached hydrogens (tertiary/aromatic N) is 1. The van der Waals surface area contributed by atoms with E-state index in [9.17, 15) is 0 Å². The Morgan fingerprint density at radius 3 is 2.59 bits per heavy atom. The fourth-order valence-corrected chi connectivity index (χ4v) is 2.23. The largest absolute Gasteiger partial charge is 0.384 e. The SMILES string of the molecule is CCN(CCNc1ccc(Br)cc1)CC1CC1. The molecule has 1 aliphatic carbocycles. The summed E-state index contributed by atoms with van der Waals surface area (Å²) in [6, 6.07) is 8.37. The minimum atomic E-state index is 0.989. The Balaban J connectivity index is 1.68. The molecule has 0 amide bonds. The number of halogens is 1. The predicted molar refractivity (Wildman–Crippen MR) is 77.5 cm³/mol. The lowest BCUT2D eigenvalue weighted by molar-refractivity contribution is 0.287. The number of hydrogen-bond acceptors (Lipinski definition) is 2. The van der Waals surface area contributed by atoms with Crippen molar-refractivity contribution < 1.29 is 0 Å². The van der Waals surface area contributed by atoms with Crippen LogP contribution in [-0.2, 0) is 0 Å². The highest BCUT2D eigenvalue weighted by Crippen LogP contribution is 2.29. The monoisotopic (exact) mass is 296 g/mol. The molecule has 1 fully saturated rings. The molecule has 0 atom stereocenters. The highest BCUT2D eigenvalue weighted by Gasteiger charge is 2.23. The van der Waals surface area contributed by atoms with Crippen LogP contribution >= 0.6 is 15.9 Å². The third-order valence-corrected chi connectivity index (χ3v) is 3.79. The van der Waals surface area contributed by atoms with Crippen LogP contribution in [-0.4, -0.2) is 31.1 Å². The Kier molecular flexibility index (Phi) is 4.86. The average Bonchev–Trinajstić information content (AvgIpc) is 3.14. The van der Waals surface area contributed by atoms with Crippen LogP contribution in [0.3, 0.4) is 0 Å². The van der Waals surface area contributed by atoms with Crippen molar-refractivity contribution in [3.8, 4) is 0 Å². The summed E-state index contributed by atoms with van der Waals surface area (Å²) >= 11 is 3.45. The summed E-state index contributed by atoms with van der Waals surface area (Å²) in [5.74, 6) is 0.989. The Labute approximate surface area is 113 Å². The van der Waals surface area contributed by atoms with Gasteiger partial charge in [0.15, 0.2) is 0 Å². The zero-order chi connectivity index (χ0) is 12.1. The van der Waals surface area contributed by atoms with E-state index in [0.29, 0.717) is 0 Å². The van der Waals surface area contributed by atoms with Crippen molar-refractivity contribution in [3.05, 3.63) is 28.7 Å². The Morgan fingerprint density at radius 1 is 1.29 bits per heavy atom.